The highest BCUT2D eigenvalue weighted by Gasteiger charge is 2.29. The molecule has 2 aromatic carbocycles. The van der Waals surface area contributed by atoms with E-state index in [1.807, 2.05) is 44.3 Å². The van der Waals surface area contributed by atoms with Crippen LogP contribution in [0.15, 0.2) is 73.1 Å². The van der Waals surface area contributed by atoms with E-state index in [9.17, 15) is 9.90 Å². The second-order valence-corrected chi connectivity index (χ2v) is 9.69. The highest BCUT2D eigenvalue weighted by molar-refractivity contribution is 6.30. The van der Waals surface area contributed by atoms with E-state index in [1.165, 1.54) is 11.1 Å². The zero-order valence-corrected chi connectivity index (χ0v) is 21.5. The lowest BCUT2D eigenvalue weighted by Crippen LogP contribution is -2.44. The Morgan fingerprint density at radius 3 is 2.62 bits per heavy atom. The zero-order valence-electron chi connectivity index (χ0n) is 20.7. The summed E-state index contributed by atoms with van der Waals surface area (Å²) in [6, 6.07) is 18.6. The number of aryl methyl sites for hydroxylation is 1. The molecule has 2 aromatic heterocycles. The van der Waals surface area contributed by atoms with Crippen molar-refractivity contribution < 1.29 is 9.90 Å². The minimum atomic E-state index is -0.508. The first-order chi connectivity index (χ1) is 17.9. The molecule has 3 N–H and O–H groups in total. The number of nitrogens with zero attached hydrogens (tertiary/aromatic N) is 4. The number of halogens is 1. The average molecular weight is 517 g/mol. The Labute approximate surface area is 220 Å². The minimum absolute atomic E-state index is 0.132. The van der Waals surface area contributed by atoms with Crippen molar-refractivity contribution in [1.82, 2.24) is 25.0 Å². The van der Waals surface area contributed by atoms with Crippen LogP contribution >= 0.6 is 11.6 Å². The Kier molecular flexibility index (Phi) is 7.23. The van der Waals surface area contributed by atoms with Crippen molar-refractivity contribution in [2.45, 2.75) is 32.1 Å². The molecule has 5 rings (SSSR count). The van der Waals surface area contributed by atoms with Crippen molar-refractivity contribution in [3.8, 4) is 11.1 Å². The Morgan fingerprint density at radius 1 is 1.05 bits per heavy atom. The molecule has 3 heterocycles. The molecule has 0 saturated heterocycles. The van der Waals surface area contributed by atoms with Crippen molar-refractivity contribution in [3.63, 3.8) is 0 Å². The molecule has 37 heavy (non-hydrogen) atoms. The van der Waals surface area contributed by atoms with Gasteiger partial charge in [-0.3, -0.25) is 14.4 Å². The first-order valence-electron chi connectivity index (χ1n) is 12.2. The molecule has 190 valence electrons. The smallest absolute Gasteiger partial charge is 0.237 e. The van der Waals surface area contributed by atoms with E-state index in [0.29, 0.717) is 18.1 Å². The summed E-state index contributed by atoms with van der Waals surface area (Å²) in [5.41, 5.74) is 5.33. The largest absolute Gasteiger partial charge is 0.394 e. The number of fused-ring (bicyclic) bond motifs is 1. The van der Waals surface area contributed by atoms with Crippen LogP contribution in [0.25, 0.3) is 11.1 Å². The monoisotopic (exact) mass is 516 g/mol. The van der Waals surface area contributed by atoms with Crippen molar-refractivity contribution in [2.24, 2.45) is 7.05 Å². The van der Waals surface area contributed by atoms with Gasteiger partial charge in [-0.2, -0.15) is 5.10 Å². The average Bonchev–Trinajstić information content (AvgIpc) is 3.52. The number of aliphatic hydroxyl groups excluding tert-OH is 1. The molecule has 1 aliphatic heterocycles. The summed E-state index contributed by atoms with van der Waals surface area (Å²) in [5.74, 6) is 1.47. The van der Waals surface area contributed by atoms with Crippen LogP contribution in [0.2, 0.25) is 5.02 Å². The van der Waals surface area contributed by atoms with Gasteiger partial charge in [-0.15, -0.1) is 0 Å². The molecule has 0 bridgehead atoms. The molecule has 0 aliphatic carbocycles. The summed E-state index contributed by atoms with van der Waals surface area (Å²) in [5, 5.41) is 20.9. The van der Waals surface area contributed by atoms with Crippen LogP contribution in [-0.2, 0) is 24.9 Å². The third-order valence-corrected chi connectivity index (χ3v) is 7.04. The van der Waals surface area contributed by atoms with Gasteiger partial charge in [-0.05, 0) is 65.1 Å². The molecule has 0 fully saturated rings. The van der Waals surface area contributed by atoms with Crippen molar-refractivity contribution in [2.75, 3.05) is 11.9 Å². The first kappa shape index (κ1) is 25.0. The number of aliphatic hydroxyl groups is 1. The van der Waals surface area contributed by atoms with Gasteiger partial charge in [0, 0.05) is 37.4 Å². The molecule has 9 heteroatoms. The van der Waals surface area contributed by atoms with Crippen LogP contribution < -0.4 is 10.6 Å². The Balaban J connectivity index is 1.27. The molecular weight excluding hydrogens is 488 g/mol. The number of aromatic nitrogens is 3. The number of rotatable bonds is 8. The lowest BCUT2D eigenvalue weighted by Gasteiger charge is -2.25. The van der Waals surface area contributed by atoms with Gasteiger partial charge in [0.1, 0.15) is 11.6 Å². The van der Waals surface area contributed by atoms with Crippen LogP contribution in [0.1, 0.15) is 29.7 Å². The van der Waals surface area contributed by atoms with Gasteiger partial charge in [-0.25, -0.2) is 4.98 Å². The third-order valence-electron chi connectivity index (χ3n) is 6.80. The molecule has 1 aliphatic rings. The fraction of sp³-hybridized carbons (Fsp3) is 0.250. The first-order valence-corrected chi connectivity index (χ1v) is 12.5. The summed E-state index contributed by atoms with van der Waals surface area (Å²) >= 11 is 6.09. The third kappa shape index (κ3) is 5.51. The van der Waals surface area contributed by atoms with Crippen LogP contribution in [0, 0.1) is 0 Å². The topological polar surface area (TPSA) is 95.3 Å². The quantitative estimate of drug-likeness (QED) is 0.320. The maximum Gasteiger partial charge on any atom is 0.237 e. The second-order valence-electron chi connectivity index (χ2n) is 9.26. The summed E-state index contributed by atoms with van der Waals surface area (Å²) in [4.78, 5) is 19.6. The highest BCUT2D eigenvalue weighted by Crippen LogP contribution is 2.31. The summed E-state index contributed by atoms with van der Waals surface area (Å²) in [7, 11) is 1.88. The van der Waals surface area contributed by atoms with Crippen molar-refractivity contribution in [3.05, 3.63) is 94.8 Å². The van der Waals surface area contributed by atoms with E-state index in [-0.39, 0.29) is 18.6 Å². The number of benzene rings is 2. The Bertz CT molecular complexity index is 1420. The minimum Gasteiger partial charge on any atom is -0.394 e. The number of nitrogens with one attached hydrogen (secondary N) is 2. The molecule has 2 atom stereocenters. The number of anilines is 2. The molecular formula is C28H29ClN6O2. The Hall–Kier alpha value is -3.72. The number of pyridine rings is 1. The summed E-state index contributed by atoms with van der Waals surface area (Å²) in [6.07, 6.45) is 3.53. The van der Waals surface area contributed by atoms with Crippen molar-refractivity contribution in [1.29, 1.82) is 0 Å². The van der Waals surface area contributed by atoms with Gasteiger partial charge in [-0.1, -0.05) is 35.9 Å². The van der Waals surface area contributed by atoms with Crippen LogP contribution in [-0.4, -0.2) is 43.3 Å². The lowest BCUT2D eigenvalue weighted by molar-refractivity contribution is -0.127. The normalized spacial score (nSPS) is 14.7. The molecule has 0 saturated carbocycles. The standard InChI is InChI=1S/C28H29ClN6O2/c1-18(28(37)32-25(17-36)21-4-3-5-24(29)13-21)35-15-22-7-6-19(12-23(22)16-35)20-8-10-30-26(14-20)33-27-9-11-31-34(27)2/h3-14,18,25,36H,15-17H2,1-2H3,(H,30,33)(H,32,37)/t18-,25-/m1/s1. The van der Waals surface area contributed by atoms with Gasteiger partial charge in [0.2, 0.25) is 5.91 Å². The lowest BCUT2D eigenvalue weighted by atomic mass is 10.0. The van der Waals surface area contributed by atoms with Crippen molar-refractivity contribution >= 4 is 29.1 Å². The second kappa shape index (κ2) is 10.7. The fourth-order valence-electron chi connectivity index (χ4n) is 4.60. The maximum absolute atomic E-state index is 13.1. The van der Waals surface area contributed by atoms with E-state index < -0.39 is 6.04 Å². The number of hydrogen-bond donors (Lipinski definition) is 3. The predicted octanol–water partition coefficient (Wildman–Crippen LogP) is 4.43. The van der Waals surface area contributed by atoms with E-state index in [0.717, 1.165) is 28.3 Å². The molecule has 0 radical (unpaired) electrons. The van der Waals surface area contributed by atoms with Gasteiger partial charge in [0.05, 0.1) is 24.9 Å². The fourth-order valence-corrected chi connectivity index (χ4v) is 4.80. The van der Waals surface area contributed by atoms with Gasteiger partial charge in [0.25, 0.3) is 0 Å². The summed E-state index contributed by atoms with van der Waals surface area (Å²) < 4.78 is 1.76. The Morgan fingerprint density at radius 2 is 1.86 bits per heavy atom. The van der Waals surface area contributed by atoms with Gasteiger partial charge in [0.15, 0.2) is 0 Å². The number of carbonyl (C=O) groups is 1. The molecule has 0 spiro atoms. The van der Waals surface area contributed by atoms with E-state index in [4.69, 9.17) is 11.6 Å². The molecule has 0 unspecified atom stereocenters. The summed E-state index contributed by atoms with van der Waals surface area (Å²) in [6.45, 7) is 3.05. The maximum atomic E-state index is 13.1. The zero-order chi connectivity index (χ0) is 25.9. The molecule has 8 nitrogen and oxygen atoms in total. The number of amides is 1. The molecule has 4 aromatic rings. The van der Waals surface area contributed by atoms with Gasteiger partial charge < -0.3 is 15.7 Å². The van der Waals surface area contributed by atoms with Crippen LogP contribution in [0.5, 0.6) is 0 Å². The molecule has 1 amide bonds. The van der Waals surface area contributed by atoms with E-state index in [2.05, 4.69) is 43.8 Å². The van der Waals surface area contributed by atoms with Crippen LogP contribution in [0.4, 0.5) is 11.6 Å². The highest BCUT2D eigenvalue weighted by atomic mass is 35.5. The predicted molar refractivity (Wildman–Crippen MR) is 144 cm³/mol. The number of hydrogen-bond acceptors (Lipinski definition) is 6. The number of carbonyl (C=O) groups excluding carboxylic acids is 1. The van der Waals surface area contributed by atoms with Gasteiger partial charge >= 0.3 is 0 Å². The van der Waals surface area contributed by atoms with Crippen LogP contribution in [0.3, 0.4) is 0 Å². The van der Waals surface area contributed by atoms with E-state index in [1.54, 1.807) is 29.2 Å². The SMILES string of the molecule is C[C@H](C(=O)N[C@H](CO)c1cccc(Cl)c1)N1Cc2ccc(-c3ccnc(Nc4ccnn4C)c3)cc2C1. The van der Waals surface area contributed by atoms with E-state index >= 15 is 0 Å².